The summed E-state index contributed by atoms with van der Waals surface area (Å²) in [6.45, 7) is 2.07. The zero-order chi connectivity index (χ0) is 31.9. The smallest absolute Gasteiger partial charge is 0.336 e. The van der Waals surface area contributed by atoms with Crippen molar-refractivity contribution in [2.75, 3.05) is 5.73 Å². The molecule has 4 aromatic heterocycles. The Morgan fingerprint density at radius 3 is 1.46 bits per heavy atom. The number of carbonyl (C=O) groups is 1. The van der Waals surface area contributed by atoms with Gasteiger partial charge in [0.1, 0.15) is 0 Å². The van der Waals surface area contributed by atoms with E-state index in [1.807, 2.05) is 48.5 Å². The summed E-state index contributed by atoms with van der Waals surface area (Å²) in [4.78, 5) is 20.5. The second-order valence-corrected chi connectivity index (χ2v) is 15.1. The first-order valence-electron chi connectivity index (χ1n) is 14.3. The number of benzene rings is 3. The lowest BCUT2D eigenvalue weighted by molar-refractivity contribution is -0.0420. The molecule has 0 unspecified atom stereocenters. The van der Waals surface area contributed by atoms with Crippen LogP contribution in [0.5, 0.6) is 0 Å². The molecule has 228 valence electrons. The fourth-order valence-electron chi connectivity index (χ4n) is 5.27. The fraction of sp³-hybridized carbons (Fsp3) is 0.0541. The molecule has 0 saturated heterocycles. The number of aryl methyl sites for hydroxylation is 1. The number of carboxylic acids is 1. The van der Waals surface area contributed by atoms with Crippen LogP contribution in [0.2, 0.25) is 0 Å². The first-order chi connectivity index (χ1) is 22.2. The minimum Gasteiger partial charge on any atom is -0.478 e. The molecule has 0 atom stereocenters. The molecule has 0 spiro atoms. The highest BCUT2D eigenvalue weighted by Gasteiger charge is 2.23. The maximum Gasteiger partial charge on any atom is 0.336 e. The van der Waals surface area contributed by atoms with Gasteiger partial charge in [0.25, 0.3) is 0 Å². The SMILES string of the molecule is Cc1ccc(-c2ccc(-c3ccc(-c4cc(C(O)O)c(-c5ccc(-c6ccc(-c7ccc(N)cc7)s6)s5)cc4C(=O)O)s3)s2)cc1. The van der Waals surface area contributed by atoms with Gasteiger partial charge >= 0.3 is 5.97 Å². The highest BCUT2D eigenvalue weighted by atomic mass is 32.1. The van der Waals surface area contributed by atoms with E-state index < -0.39 is 12.3 Å². The van der Waals surface area contributed by atoms with Crippen LogP contribution in [0, 0.1) is 6.92 Å². The molecule has 4 heterocycles. The van der Waals surface area contributed by atoms with Gasteiger partial charge in [0, 0.05) is 61.4 Å². The third-order valence-electron chi connectivity index (χ3n) is 7.67. The van der Waals surface area contributed by atoms with Gasteiger partial charge in [0.05, 0.1) is 5.56 Å². The van der Waals surface area contributed by atoms with E-state index in [9.17, 15) is 20.1 Å². The lowest BCUT2D eigenvalue weighted by Crippen LogP contribution is -2.05. The Labute approximate surface area is 281 Å². The van der Waals surface area contributed by atoms with Crippen LogP contribution in [-0.2, 0) is 0 Å². The van der Waals surface area contributed by atoms with Crippen LogP contribution in [0.3, 0.4) is 0 Å². The van der Waals surface area contributed by atoms with E-state index >= 15 is 0 Å². The summed E-state index contributed by atoms with van der Waals surface area (Å²) in [6.07, 6.45) is -1.78. The van der Waals surface area contributed by atoms with Gasteiger partial charge < -0.3 is 21.1 Å². The molecule has 3 aromatic carbocycles. The van der Waals surface area contributed by atoms with Crippen LogP contribution in [0.15, 0.2) is 109 Å². The predicted molar refractivity (Wildman–Crippen MR) is 194 cm³/mol. The summed E-state index contributed by atoms with van der Waals surface area (Å²) in [7, 11) is 0. The summed E-state index contributed by atoms with van der Waals surface area (Å²) in [5, 5.41) is 31.2. The van der Waals surface area contributed by atoms with Gasteiger partial charge in [-0.1, -0.05) is 42.0 Å². The molecule has 0 radical (unpaired) electrons. The molecule has 0 fully saturated rings. The summed E-state index contributed by atoms with van der Waals surface area (Å²) in [5.74, 6) is -1.08. The average Bonchev–Trinajstić information content (AvgIpc) is 3.87. The zero-order valence-electron chi connectivity index (χ0n) is 24.4. The van der Waals surface area contributed by atoms with Crippen molar-refractivity contribution in [3.05, 3.63) is 126 Å². The van der Waals surface area contributed by atoms with Crippen molar-refractivity contribution in [3.8, 4) is 61.3 Å². The molecule has 7 rings (SSSR count). The predicted octanol–water partition coefficient (Wildman–Crippen LogP) is 10.5. The molecule has 7 aromatic rings. The Balaban J connectivity index is 1.22. The van der Waals surface area contributed by atoms with E-state index in [1.165, 1.54) is 28.2 Å². The van der Waals surface area contributed by atoms with E-state index in [1.54, 1.807) is 34.8 Å². The van der Waals surface area contributed by atoms with Crippen molar-refractivity contribution in [2.24, 2.45) is 0 Å². The van der Waals surface area contributed by atoms with E-state index in [0.717, 1.165) is 50.1 Å². The summed E-state index contributed by atoms with van der Waals surface area (Å²) in [5.41, 5.74) is 11.3. The zero-order valence-corrected chi connectivity index (χ0v) is 27.7. The lowest BCUT2D eigenvalue weighted by Gasteiger charge is -2.15. The first-order valence-corrected chi connectivity index (χ1v) is 17.6. The topological polar surface area (TPSA) is 104 Å². The highest BCUT2D eigenvalue weighted by molar-refractivity contribution is 7.26. The van der Waals surface area contributed by atoms with Gasteiger partial charge in [-0.05, 0) is 90.8 Å². The van der Waals surface area contributed by atoms with E-state index in [-0.39, 0.29) is 11.1 Å². The van der Waals surface area contributed by atoms with E-state index in [0.29, 0.717) is 16.8 Å². The quantitative estimate of drug-likeness (QED) is 0.0947. The molecule has 0 amide bonds. The number of nitrogens with two attached hydrogens (primary N) is 1. The average molecular weight is 678 g/mol. The van der Waals surface area contributed by atoms with Gasteiger partial charge in [-0.3, -0.25) is 0 Å². The Morgan fingerprint density at radius 1 is 0.565 bits per heavy atom. The standard InChI is InChI=1S/C37H27NO4S4/c1-20-2-4-21(5-3-20)28-10-14-32(43-28)34-16-12-30(45-34)24-18-27(37(41)42)25(19-26(24)36(39)40)31-13-17-35(46-31)33-15-11-29(44-33)22-6-8-23(38)9-7-22/h2-19,37,41-42H,38H2,1H3,(H,39,40). The number of aliphatic hydroxyl groups is 2. The normalized spacial score (nSPS) is 11.4. The van der Waals surface area contributed by atoms with Gasteiger partial charge in [-0.2, -0.15) is 0 Å². The summed E-state index contributed by atoms with van der Waals surface area (Å²) >= 11 is 6.31. The molecule has 0 aliphatic carbocycles. The number of carboxylic acid groups (broad SMARTS) is 1. The van der Waals surface area contributed by atoms with Crippen LogP contribution in [-0.4, -0.2) is 21.3 Å². The van der Waals surface area contributed by atoms with Crippen molar-refractivity contribution in [2.45, 2.75) is 13.2 Å². The van der Waals surface area contributed by atoms with Gasteiger partial charge in [0.15, 0.2) is 6.29 Å². The minimum absolute atomic E-state index is 0.107. The Kier molecular flexibility index (Phi) is 8.20. The maximum atomic E-state index is 12.6. The molecule has 5 N–H and O–H groups in total. The molecular formula is C37H27NO4S4. The van der Waals surface area contributed by atoms with Crippen molar-refractivity contribution < 1.29 is 20.1 Å². The number of aliphatic hydroxyl groups excluding tert-OH is 1. The van der Waals surface area contributed by atoms with Crippen molar-refractivity contribution >= 4 is 57.0 Å². The number of hydrogen-bond acceptors (Lipinski definition) is 8. The monoisotopic (exact) mass is 677 g/mol. The van der Waals surface area contributed by atoms with Crippen LogP contribution >= 0.6 is 45.3 Å². The maximum absolute atomic E-state index is 12.6. The fourth-order valence-corrected chi connectivity index (χ4v) is 9.55. The molecule has 5 nitrogen and oxygen atoms in total. The summed E-state index contributed by atoms with van der Waals surface area (Å²) in [6, 6.07) is 35.4. The molecule has 0 bridgehead atoms. The van der Waals surface area contributed by atoms with Gasteiger partial charge in [0.2, 0.25) is 0 Å². The second-order valence-electron chi connectivity index (χ2n) is 10.8. The third-order valence-corrected chi connectivity index (χ3v) is 12.6. The number of thiophene rings is 4. The first kappa shape index (κ1) is 30.3. The number of hydrogen-bond donors (Lipinski definition) is 4. The largest absolute Gasteiger partial charge is 0.478 e. The Bertz CT molecular complexity index is 2180. The van der Waals surface area contributed by atoms with Crippen molar-refractivity contribution in [1.82, 2.24) is 0 Å². The van der Waals surface area contributed by atoms with Crippen molar-refractivity contribution in [1.29, 1.82) is 0 Å². The number of anilines is 1. The molecule has 0 aliphatic rings. The highest BCUT2D eigenvalue weighted by Crippen LogP contribution is 2.45. The van der Waals surface area contributed by atoms with Gasteiger partial charge in [-0.15, -0.1) is 45.3 Å². The molecule has 0 aliphatic heterocycles. The van der Waals surface area contributed by atoms with Crippen LogP contribution in [0.1, 0.15) is 27.8 Å². The number of aromatic carboxylic acids is 1. The second kappa shape index (κ2) is 12.4. The number of rotatable bonds is 8. The Morgan fingerprint density at radius 2 is 0.978 bits per heavy atom. The molecular weight excluding hydrogens is 651 g/mol. The minimum atomic E-state index is -1.78. The Hall–Kier alpha value is -4.35. The van der Waals surface area contributed by atoms with E-state index in [2.05, 4.69) is 55.5 Å². The number of nitrogen functional groups attached to an aromatic ring is 1. The van der Waals surface area contributed by atoms with Crippen LogP contribution < -0.4 is 5.73 Å². The van der Waals surface area contributed by atoms with Crippen LogP contribution in [0.25, 0.3) is 61.3 Å². The van der Waals surface area contributed by atoms with E-state index in [4.69, 9.17) is 5.73 Å². The molecule has 9 heteroatoms. The molecule has 0 saturated carbocycles. The van der Waals surface area contributed by atoms with Crippen LogP contribution in [0.4, 0.5) is 5.69 Å². The lowest BCUT2D eigenvalue weighted by atomic mass is 9.96. The third kappa shape index (κ3) is 5.96. The van der Waals surface area contributed by atoms with Gasteiger partial charge in [-0.25, -0.2) is 4.79 Å². The van der Waals surface area contributed by atoms with Crippen molar-refractivity contribution in [3.63, 3.8) is 0 Å². The summed E-state index contributed by atoms with van der Waals surface area (Å²) < 4.78 is 0. The molecule has 46 heavy (non-hydrogen) atoms.